The third-order valence-corrected chi connectivity index (χ3v) is 4.42. The van der Waals surface area contributed by atoms with Crippen molar-refractivity contribution in [2.75, 3.05) is 5.32 Å². The van der Waals surface area contributed by atoms with Gasteiger partial charge in [-0.3, -0.25) is 10.1 Å². The van der Waals surface area contributed by atoms with Crippen LogP contribution in [0.4, 0.5) is 5.13 Å². The molecule has 6 heteroatoms. The van der Waals surface area contributed by atoms with Gasteiger partial charge in [0.1, 0.15) is 4.88 Å². The van der Waals surface area contributed by atoms with E-state index in [0.717, 1.165) is 21.3 Å². The maximum Gasteiger partial charge on any atom is 0.269 e. The van der Waals surface area contributed by atoms with Crippen LogP contribution in [0.5, 0.6) is 0 Å². The Bertz CT molecular complexity index is 552. The summed E-state index contributed by atoms with van der Waals surface area (Å²) in [6.07, 6.45) is 0. The van der Waals surface area contributed by atoms with Crippen molar-refractivity contribution in [2.24, 2.45) is 0 Å². The highest BCUT2D eigenvalue weighted by Gasteiger charge is 2.15. The molecule has 0 fully saturated rings. The molecule has 0 aliphatic rings. The summed E-state index contributed by atoms with van der Waals surface area (Å²) in [4.78, 5) is 22.3. The first-order chi connectivity index (χ1) is 7.97. The Morgan fingerprint density at radius 1 is 1.06 bits per heavy atom. The van der Waals surface area contributed by atoms with Crippen LogP contribution in [0.2, 0.25) is 0 Å². The van der Waals surface area contributed by atoms with E-state index in [9.17, 15) is 4.79 Å². The Kier molecular flexibility index (Phi) is 3.26. The van der Waals surface area contributed by atoms with Crippen molar-refractivity contribution in [3.8, 4) is 0 Å². The zero-order valence-electron chi connectivity index (χ0n) is 10.1. The molecule has 2 heterocycles. The van der Waals surface area contributed by atoms with E-state index in [1.54, 1.807) is 0 Å². The molecule has 17 heavy (non-hydrogen) atoms. The van der Waals surface area contributed by atoms with Gasteiger partial charge in [0.15, 0.2) is 5.13 Å². The Morgan fingerprint density at radius 2 is 1.76 bits per heavy atom. The molecule has 2 aromatic heterocycles. The first kappa shape index (κ1) is 12.2. The highest BCUT2D eigenvalue weighted by atomic mass is 32.1. The molecule has 0 aromatic carbocycles. The molecule has 0 atom stereocenters. The molecule has 1 N–H and O–H groups in total. The van der Waals surface area contributed by atoms with Gasteiger partial charge in [-0.25, -0.2) is 9.97 Å². The molecule has 0 spiro atoms. The Labute approximate surface area is 108 Å². The average molecular weight is 267 g/mol. The molecule has 2 aromatic rings. The lowest BCUT2D eigenvalue weighted by molar-refractivity contribution is 0.103. The molecule has 0 bridgehead atoms. The SMILES string of the molecule is Cc1nc(C)c(C(=O)Nc2nc(C)c(C)s2)s1. The first-order valence-electron chi connectivity index (χ1n) is 5.17. The van der Waals surface area contributed by atoms with Crippen molar-refractivity contribution in [3.63, 3.8) is 0 Å². The Hall–Kier alpha value is -1.27. The van der Waals surface area contributed by atoms with Crippen LogP contribution >= 0.6 is 22.7 Å². The van der Waals surface area contributed by atoms with E-state index in [1.165, 1.54) is 22.7 Å². The summed E-state index contributed by atoms with van der Waals surface area (Å²) >= 11 is 2.90. The zero-order chi connectivity index (χ0) is 12.6. The molecule has 0 aliphatic carbocycles. The lowest BCUT2D eigenvalue weighted by Crippen LogP contribution is -2.11. The van der Waals surface area contributed by atoms with Gasteiger partial charge in [0.25, 0.3) is 5.91 Å². The lowest BCUT2D eigenvalue weighted by Gasteiger charge is -1.98. The van der Waals surface area contributed by atoms with Gasteiger partial charge in [-0.15, -0.1) is 22.7 Å². The minimum absolute atomic E-state index is 0.123. The number of carbonyl (C=O) groups excluding carboxylic acids is 1. The van der Waals surface area contributed by atoms with Crippen molar-refractivity contribution in [1.29, 1.82) is 0 Å². The molecular weight excluding hydrogens is 254 g/mol. The van der Waals surface area contributed by atoms with Crippen LogP contribution in [-0.4, -0.2) is 15.9 Å². The minimum atomic E-state index is -0.123. The standard InChI is InChI=1S/C11H13N3OS2/c1-5-7(3)16-11(13-5)14-10(15)9-6(2)12-8(4)17-9/h1-4H3,(H,13,14,15). The normalized spacial score (nSPS) is 10.6. The quantitative estimate of drug-likeness (QED) is 0.909. The summed E-state index contributed by atoms with van der Waals surface area (Å²) in [6, 6.07) is 0. The van der Waals surface area contributed by atoms with E-state index in [4.69, 9.17) is 0 Å². The summed E-state index contributed by atoms with van der Waals surface area (Å²) in [5.41, 5.74) is 1.73. The number of nitrogens with one attached hydrogen (secondary N) is 1. The largest absolute Gasteiger partial charge is 0.297 e. The van der Waals surface area contributed by atoms with Gasteiger partial charge in [0, 0.05) is 4.88 Å². The van der Waals surface area contributed by atoms with Crippen molar-refractivity contribution < 1.29 is 4.79 Å². The number of nitrogens with zero attached hydrogens (tertiary/aromatic N) is 2. The Balaban J connectivity index is 2.19. The monoisotopic (exact) mass is 267 g/mol. The van der Waals surface area contributed by atoms with Crippen molar-refractivity contribution in [3.05, 3.63) is 26.1 Å². The maximum atomic E-state index is 12.0. The summed E-state index contributed by atoms with van der Waals surface area (Å²) in [7, 11) is 0. The molecule has 0 unspecified atom stereocenters. The van der Waals surface area contributed by atoms with Gasteiger partial charge in [-0.2, -0.15) is 0 Å². The van der Waals surface area contributed by atoms with E-state index in [-0.39, 0.29) is 5.91 Å². The lowest BCUT2D eigenvalue weighted by atomic mass is 10.4. The van der Waals surface area contributed by atoms with E-state index in [0.29, 0.717) is 10.0 Å². The second-order valence-electron chi connectivity index (χ2n) is 3.76. The van der Waals surface area contributed by atoms with Gasteiger partial charge >= 0.3 is 0 Å². The van der Waals surface area contributed by atoms with Gasteiger partial charge in [-0.05, 0) is 27.7 Å². The van der Waals surface area contributed by atoms with E-state index in [2.05, 4.69) is 15.3 Å². The fourth-order valence-corrected chi connectivity index (χ4v) is 3.05. The molecule has 2 rings (SSSR count). The Morgan fingerprint density at radius 3 is 2.24 bits per heavy atom. The molecule has 1 amide bonds. The van der Waals surface area contributed by atoms with Crippen LogP contribution in [0.25, 0.3) is 0 Å². The first-order valence-corrected chi connectivity index (χ1v) is 6.80. The molecule has 0 aliphatic heterocycles. The summed E-state index contributed by atoms with van der Waals surface area (Å²) < 4.78 is 0. The number of thiazole rings is 2. The molecule has 4 nitrogen and oxygen atoms in total. The second-order valence-corrected chi connectivity index (χ2v) is 6.17. The van der Waals surface area contributed by atoms with Gasteiger partial charge in [0.2, 0.25) is 0 Å². The number of rotatable bonds is 2. The van der Waals surface area contributed by atoms with E-state index in [1.807, 2.05) is 27.7 Å². The van der Waals surface area contributed by atoms with E-state index >= 15 is 0 Å². The van der Waals surface area contributed by atoms with Crippen LogP contribution in [0, 0.1) is 27.7 Å². The topological polar surface area (TPSA) is 54.9 Å². The summed E-state index contributed by atoms with van der Waals surface area (Å²) in [5.74, 6) is -0.123. The fourth-order valence-electron chi connectivity index (χ4n) is 1.42. The second kappa shape index (κ2) is 4.54. The van der Waals surface area contributed by atoms with Crippen LogP contribution in [0.3, 0.4) is 0 Å². The molecule has 90 valence electrons. The van der Waals surface area contributed by atoms with E-state index < -0.39 is 0 Å². The molecular formula is C11H13N3OS2. The van der Waals surface area contributed by atoms with Crippen molar-refractivity contribution in [1.82, 2.24) is 9.97 Å². The zero-order valence-corrected chi connectivity index (χ0v) is 11.8. The molecule has 0 saturated heterocycles. The summed E-state index contributed by atoms with van der Waals surface area (Å²) in [6.45, 7) is 7.66. The number of anilines is 1. The van der Waals surface area contributed by atoms with Crippen LogP contribution in [0.1, 0.15) is 30.9 Å². The number of aromatic nitrogens is 2. The van der Waals surface area contributed by atoms with Crippen LogP contribution < -0.4 is 5.32 Å². The van der Waals surface area contributed by atoms with Gasteiger partial charge in [0.05, 0.1) is 16.4 Å². The number of hydrogen-bond acceptors (Lipinski definition) is 5. The van der Waals surface area contributed by atoms with Crippen molar-refractivity contribution >= 4 is 33.7 Å². The molecule has 0 radical (unpaired) electrons. The highest BCUT2D eigenvalue weighted by Crippen LogP contribution is 2.23. The average Bonchev–Trinajstić information content (AvgIpc) is 2.71. The third-order valence-electron chi connectivity index (χ3n) is 2.36. The smallest absolute Gasteiger partial charge is 0.269 e. The van der Waals surface area contributed by atoms with Crippen molar-refractivity contribution in [2.45, 2.75) is 27.7 Å². The third kappa shape index (κ3) is 2.53. The number of amides is 1. The molecule has 0 saturated carbocycles. The van der Waals surface area contributed by atoms with Gasteiger partial charge in [-0.1, -0.05) is 0 Å². The maximum absolute atomic E-state index is 12.0. The summed E-state index contributed by atoms with van der Waals surface area (Å²) in [5, 5.41) is 4.36. The minimum Gasteiger partial charge on any atom is -0.297 e. The number of aryl methyl sites for hydroxylation is 4. The van der Waals surface area contributed by atoms with Crippen LogP contribution in [0.15, 0.2) is 0 Å². The van der Waals surface area contributed by atoms with Gasteiger partial charge < -0.3 is 0 Å². The predicted molar refractivity (Wildman–Crippen MR) is 71.1 cm³/mol. The number of hydrogen-bond donors (Lipinski definition) is 1. The number of carbonyl (C=O) groups is 1. The van der Waals surface area contributed by atoms with Crippen LogP contribution in [-0.2, 0) is 0 Å². The fraction of sp³-hybridized carbons (Fsp3) is 0.364. The highest BCUT2D eigenvalue weighted by molar-refractivity contribution is 7.16. The predicted octanol–water partition coefficient (Wildman–Crippen LogP) is 3.09.